The van der Waals surface area contributed by atoms with Gasteiger partial charge in [0.15, 0.2) is 5.78 Å². The predicted octanol–water partition coefficient (Wildman–Crippen LogP) is 1.13. The van der Waals surface area contributed by atoms with Gasteiger partial charge in [0.05, 0.1) is 25.1 Å². The molecule has 6 nitrogen and oxygen atoms in total. The molecule has 2 heterocycles. The van der Waals surface area contributed by atoms with Gasteiger partial charge in [-0.1, -0.05) is 0 Å². The number of amides is 1. The lowest BCUT2D eigenvalue weighted by Gasteiger charge is -2.27. The van der Waals surface area contributed by atoms with Crippen molar-refractivity contribution in [3.05, 3.63) is 0 Å². The quantitative estimate of drug-likeness (QED) is 0.667. The molecule has 106 valence electrons. The van der Waals surface area contributed by atoms with Crippen LogP contribution in [0.4, 0.5) is 4.79 Å². The van der Waals surface area contributed by atoms with Crippen molar-refractivity contribution < 1.29 is 23.9 Å². The first-order chi connectivity index (χ1) is 8.74. The molecule has 0 unspecified atom stereocenters. The largest absolute Gasteiger partial charge is 0.469 e. The lowest BCUT2D eigenvalue weighted by Crippen LogP contribution is -2.41. The number of rotatable bonds is 1. The Kier molecular flexibility index (Phi) is 3.28. The Bertz CT molecular complexity index is 425. The minimum atomic E-state index is -0.622. The fraction of sp³-hybridized carbons (Fsp3) is 0.769. The van der Waals surface area contributed by atoms with Gasteiger partial charge in [-0.3, -0.25) is 14.5 Å². The van der Waals surface area contributed by atoms with Gasteiger partial charge in [0, 0.05) is 6.42 Å². The van der Waals surface area contributed by atoms with Gasteiger partial charge in [0.1, 0.15) is 5.60 Å². The van der Waals surface area contributed by atoms with Crippen molar-refractivity contribution in [3.63, 3.8) is 0 Å². The first kappa shape index (κ1) is 13.8. The van der Waals surface area contributed by atoms with Gasteiger partial charge < -0.3 is 9.47 Å². The summed E-state index contributed by atoms with van der Waals surface area (Å²) in [7, 11) is 1.31. The summed E-state index contributed by atoms with van der Waals surface area (Å²) >= 11 is 0. The molecule has 1 amide bonds. The highest BCUT2D eigenvalue weighted by molar-refractivity contribution is 5.95. The third kappa shape index (κ3) is 2.43. The molecule has 2 rings (SSSR count). The zero-order valence-electron chi connectivity index (χ0n) is 11.6. The topological polar surface area (TPSA) is 72.9 Å². The van der Waals surface area contributed by atoms with E-state index in [2.05, 4.69) is 0 Å². The van der Waals surface area contributed by atoms with Gasteiger partial charge in [-0.2, -0.15) is 0 Å². The molecule has 3 atom stereocenters. The van der Waals surface area contributed by atoms with E-state index in [0.29, 0.717) is 6.42 Å². The molecule has 6 heteroatoms. The van der Waals surface area contributed by atoms with Crippen LogP contribution in [-0.2, 0) is 19.1 Å². The molecular weight excluding hydrogens is 250 g/mol. The van der Waals surface area contributed by atoms with E-state index in [1.54, 1.807) is 20.8 Å². The lowest BCUT2D eigenvalue weighted by atomic mass is 9.88. The molecule has 2 bridgehead atoms. The maximum atomic E-state index is 12.1. The van der Waals surface area contributed by atoms with Gasteiger partial charge >= 0.3 is 12.1 Å². The standard InChI is InChI=1S/C13H19NO5/c1-13(2,3)19-12(17)14-8-6-10(15)9(14)5-7(8)11(16)18-4/h7-9H,5-6H2,1-4H3/t7-,8+,9+/m1/s1. The zero-order chi connectivity index (χ0) is 14.4. The van der Waals surface area contributed by atoms with Crippen molar-refractivity contribution in [2.24, 2.45) is 5.92 Å². The average Bonchev–Trinajstić information content (AvgIpc) is 2.79. The number of Topliss-reactive ketones (excluding diaryl/α,β-unsaturated/α-hetero) is 1. The fourth-order valence-electron chi connectivity index (χ4n) is 2.79. The van der Waals surface area contributed by atoms with E-state index in [1.165, 1.54) is 12.0 Å². The second kappa shape index (κ2) is 4.51. The summed E-state index contributed by atoms with van der Waals surface area (Å²) in [6, 6.07) is -0.955. The van der Waals surface area contributed by atoms with Crippen LogP contribution in [-0.4, -0.2) is 47.5 Å². The molecule has 0 aromatic carbocycles. The highest BCUT2D eigenvalue weighted by Gasteiger charge is 2.57. The van der Waals surface area contributed by atoms with Crippen molar-refractivity contribution in [2.75, 3.05) is 7.11 Å². The van der Waals surface area contributed by atoms with Gasteiger partial charge in [-0.25, -0.2) is 4.79 Å². The number of nitrogens with zero attached hydrogens (tertiary/aromatic N) is 1. The van der Waals surface area contributed by atoms with Crippen LogP contribution in [0.2, 0.25) is 0 Å². The van der Waals surface area contributed by atoms with Gasteiger partial charge in [0.2, 0.25) is 0 Å². The molecular formula is C13H19NO5. The molecule has 2 aliphatic heterocycles. The van der Waals surface area contributed by atoms with E-state index in [0.717, 1.165) is 0 Å². The van der Waals surface area contributed by atoms with E-state index in [9.17, 15) is 14.4 Å². The van der Waals surface area contributed by atoms with E-state index < -0.39 is 29.7 Å². The molecule has 2 aliphatic rings. The first-order valence-corrected chi connectivity index (χ1v) is 6.36. The summed E-state index contributed by atoms with van der Waals surface area (Å²) in [5.41, 5.74) is -0.622. The third-order valence-electron chi connectivity index (χ3n) is 3.52. The van der Waals surface area contributed by atoms with Crippen molar-refractivity contribution in [2.45, 2.75) is 51.3 Å². The van der Waals surface area contributed by atoms with Crippen LogP contribution < -0.4 is 0 Å². The van der Waals surface area contributed by atoms with Crippen LogP contribution >= 0.6 is 0 Å². The van der Waals surface area contributed by atoms with E-state index in [-0.39, 0.29) is 18.2 Å². The van der Waals surface area contributed by atoms with Crippen LogP contribution in [0.3, 0.4) is 0 Å². The molecule has 0 saturated carbocycles. The summed E-state index contributed by atoms with van der Waals surface area (Å²) in [5.74, 6) is -0.787. The summed E-state index contributed by atoms with van der Waals surface area (Å²) in [5, 5.41) is 0. The first-order valence-electron chi connectivity index (χ1n) is 6.36. The maximum absolute atomic E-state index is 12.1. The van der Waals surface area contributed by atoms with E-state index >= 15 is 0 Å². The van der Waals surface area contributed by atoms with Crippen LogP contribution in [0.1, 0.15) is 33.6 Å². The second-order valence-corrected chi connectivity index (χ2v) is 6.01. The summed E-state index contributed by atoms with van der Waals surface area (Å²) < 4.78 is 10.0. The van der Waals surface area contributed by atoms with E-state index in [4.69, 9.17) is 9.47 Å². The van der Waals surface area contributed by atoms with Crippen LogP contribution in [0.15, 0.2) is 0 Å². The predicted molar refractivity (Wildman–Crippen MR) is 65.4 cm³/mol. The number of ketones is 1. The Morgan fingerprint density at radius 1 is 1.32 bits per heavy atom. The highest BCUT2D eigenvalue weighted by Crippen LogP contribution is 2.41. The second-order valence-electron chi connectivity index (χ2n) is 6.01. The van der Waals surface area contributed by atoms with Crippen molar-refractivity contribution in [1.82, 2.24) is 4.90 Å². The molecule has 0 N–H and O–H groups in total. The Hall–Kier alpha value is -1.59. The molecule has 0 aliphatic carbocycles. The molecule has 0 spiro atoms. The lowest BCUT2D eigenvalue weighted by molar-refractivity contribution is -0.146. The van der Waals surface area contributed by atoms with Gasteiger partial charge in [-0.05, 0) is 27.2 Å². The number of esters is 1. The fourth-order valence-corrected chi connectivity index (χ4v) is 2.79. The number of carbonyl (C=O) groups excluding carboxylic acids is 3. The highest BCUT2D eigenvalue weighted by atomic mass is 16.6. The normalized spacial score (nSPS) is 29.6. The number of fused-ring (bicyclic) bond motifs is 2. The monoisotopic (exact) mass is 269 g/mol. The number of hydrogen-bond acceptors (Lipinski definition) is 5. The van der Waals surface area contributed by atoms with Crippen molar-refractivity contribution in [3.8, 4) is 0 Å². The molecule has 0 aromatic rings. The molecule has 0 radical (unpaired) electrons. The SMILES string of the molecule is COC(=O)[C@@H]1C[C@H]2C(=O)C[C@@H]1N2C(=O)OC(C)(C)C. The number of ether oxygens (including phenoxy) is 2. The maximum Gasteiger partial charge on any atom is 0.411 e. The van der Waals surface area contributed by atoms with Crippen LogP contribution in [0.25, 0.3) is 0 Å². The van der Waals surface area contributed by atoms with Crippen LogP contribution in [0.5, 0.6) is 0 Å². The van der Waals surface area contributed by atoms with Crippen molar-refractivity contribution in [1.29, 1.82) is 0 Å². The van der Waals surface area contributed by atoms with Gasteiger partial charge in [-0.15, -0.1) is 0 Å². The Labute approximate surface area is 112 Å². The molecule has 2 fully saturated rings. The summed E-state index contributed by atoms with van der Waals surface area (Å²) in [6.45, 7) is 5.30. The Morgan fingerprint density at radius 2 is 1.95 bits per heavy atom. The number of methoxy groups -OCH3 is 1. The minimum absolute atomic E-state index is 0.00369. The third-order valence-corrected chi connectivity index (χ3v) is 3.52. The van der Waals surface area contributed by atoms with E-state index in [1.807, 2.05) is 0 Å². The number of hydrogen-bond donors (Lipinski definition) is 0. The molecule has 0 aromatic heterocycles. The van der Waals surface area contributed by atoms with Crippen LogP contribution in [0, 0.1) is 5.92 Å². The summed E-state index contributed by atoms with van der Waals surface area (Å²) in [6.07, 6.45) is 0.0266. The van der Waals surface area contributed by atoms with Crippen molar-refractivity contribution >= 4 is 17.8 Å². The molecule has 19 heavy (non-hydrogen) atoms. The Balaban J connectivity index is 2.16. The number of carbonyl (C=O) groups is 3. The zero-order valence-corrected chi connectivity index (χ0v) is 11.6. The minimum Gasteiger partial charge on any atom is -0.469 e. The average molecular weight is 269 g/mol. The summed E-state index contributed by atoms with van der Waals surface area (Å²) in [4.78, 5) is 37.0. The molecule has 2 saturated heterocycles. The van der Waals surface area contributed by atoms with Gasteiger partial charge in [0.25, 0.3) is 0 Å². The smallest absolute Gasteiger partial charge is 0.411 e. The Morgan fingerprint density at radius 3 is 2.47 bits per heavy atom.